The molecule has 2 heterocycles. The molecule has 3 nitrogen and oxygen atoms in total. The maximum absolute atomic E-state index is 5.13. The van der Waals surface area contributed by atoms with Crippen molar-refractivity contribution in [3.63, 3.8) is 0 Å². The molecule has 0 fully saturated rings. The molecule has 3 heteroatoms. The lowest BCUT2D eigenvalue weighted by Gasteiger charge is -2.17. The van der Waals surface area contributed by atoms with Crippen molar-refractivity contribution < 1.29 is 0 Å². The van der Waals surface area contributed by atoms with E-state index in [1.165, 1.54) is 37.9 Å². The van der Waals surface area contributed by atoms with Crippen LogP contribution in [0.3, 0.4) is 0 Å². The van der Waals surface area contributed by atoms with Crippen LogP contribution in [0.2, 0.25) is 0 Å². The van der Waals surface area contributed by atoms with E-state index >= 15 is 0 Å². The summed E-state index contributed by atoms with van der Waals surface area (Å²) < 4.78 is 0. The van der Waals surface area contributed by atoms with Crippen LogP contribution in [-0.4, -0.2) is 15.0 Å². The van der Waals surface area contributed by atoms with E-state index in [0.717, 1.165) is 49.8 Å². The van der Waals surface area contributed by atoms with Gasteiger partial charge in [0, 0.05) is 35.3 Å². The Morgan fingerprint density at radius 2 is 0.932 bits per heavy atom. The van der Waals surface area contributed by atoms with E-state index < -0.39 is 0 Å². The van der Waals surface area contributed by atoms with Gasteiger partial charge in [0.15, 0.2) is 5.82 Å². The summed E-state index contributed by atoms with van der Waals surface area (Å²) in [6.45, 7) is 0. The van der Waals surface area contributed by atoms with Crippen molar-refractivity contribution in [2.45, 2.75) is 0 Å². The van der Waals surface area contributed by atoms with Crippen molar-refractivity contribution in [1.29, 1.82) is 0 Å². The minimum Gasteiger partial charge on any atom is -0.256 e. The van der Waals surface area contributed by atoms with E-state index in [-0.39, 0.29) is 0 Å². The predicted molar refractivity (Wildman–Crippen MR) is 184 cm³/mol. The second-order valence-corrected chi connectivity index (χ2v) is 11.2. The topological polar surface area (TPSA) is 38.7 Å². The first-order valence-corrected chi connectivity index (χ1v) is 14.9. The van der Waals surface area contributed by atoms with Crippen LogP contribution in [0.1, 0.15) is 0 Å². The van der Waals surface area contributed by atoms with Gasteiger partial charge in [-0.25, -0.2) is 9.97 Å². The SMILES string of the molecule is c1cnc(-c2c3ccccc3c(-c3ccc(-c4cc5c6ccccc6ccc5c5ccccc45)nc3)c3ccccc23)nc1. The molecule has 0 amide bonds. The molecule has 2 aromatic heterocycles. The Balaban J connectivity index is 1.28. The van der Waals surface area contributed by atoms with Gasteiger partial charge < -0.3 is 0 Å². The molecule has 9 rings (SSSR count). The molecule has 0 aliphatic rings. The zero-order chi connectivity index (χ0) is 29.0. The molecule has 0 saturated carbocycles. The molecule has 0 saturated heterocycles. The third kappa shape index (κ3) is 3.73. The predicted octanol–water partition coefficient (Wildman–Crippen LogP) is 10.6. The highest BCUT2D eigenvalue weighted by molar-refractivity contribution is 6.22. The van der Waals surface area contributed by atoms with Crippen LogP contribution in [0, 0.1) is 0 Å². The molecule has 0 atom stereocenters. The molecule has 0 N–H and O–H groups in total. The van der Waals surface area contributed by atoms with Gasteiger partial charge in [0.2, 0.25) is 0 Å². The number of nitrogens with zero attached hydrogens (tertiary/aromatic N) is 3. The van der Waals surface area contributed by atoms with Gasteiger partial charge in [0.25, 0.3) is 0 Å². The summed E-state index contributed by atoms with van der Waals surface area (Å²) in [6.07, 6.45) is 5.65. The molecule has 7 aromatic carbocycles. The van der Waals surface area contributed by atoms with E-state index in [4.69, 9.17) is 4.98 Å². The van der Waals surface area contributed by atoms with Gasteiger partial charge >= 0.3 is 0 Å². The third-order valence-electron chi connectivity index (χ3n) is 8.82. The Morgan fingerprint density at radius 1 is 0.364 bits per heavy atom. The maximum Gasteiger partial charge on any atom is 0.160 e. The maximum atomic E-state index is 5.13. The Bertz CT molecular complexity index is 2480. The van der Waals surface area contributed by atoms with Crippen molar-refractivity contribution >= 4 is 53.9 Å². The molecule has 44 heavy (non-hydrogen) atoms. The van der Waals surface area contributed by atoms with E-state index in [1.54, 1.807) is 0 Å². The number of aromatic nitrogens is 3. The summed E-state index contributed by atoms with van der Waals surface area (Å²) in [7, 11) is 0. The fraction of sp³-hybridized carbons (Fsp3) is 0. The van der Waals surface area contributed by atoms with Gasteiger partial charge in [0.1, 0.15) is 0 Å². The molecule has 0 radical (unpaired) electrons. The summed E-state index contributed by atoms with van der Waals surface area (Å²) in [5.41, 5.74) is 5.41. The monoisotopic (exact) mass is 559 g/mol. The lowest BCUT2D eigenvalue weighted by Crippen LogP contribution is -1.94. The summed E-state index contributed by atoms with van der Waals surface area (Å²) >= 11 is 0. The van der Waals surface area contributed by atoms with Crippen molar-refractivity contribution in [3.05, 3.63) is 152 Å². The van der Waals surface area contributed by atoms with E-state index in [9.17, 15) is 0 Å². The Morgan fingerprint density at radius 3 is 1.59 bits per heavy atom. The van der Waals surface area contributed by atoms with Crippen LogP contribution in [0.5, 0.6) is 0 Å². The average molecular weight is 560 g/mol. The Kier molecular flexibility index (Phi) is 5.50. The normalized spacial score (nSPS) is 11.6. The average Bonchev–Trinajstić information content (AvgIpc) is 3.10. The highest BCUT2D eigenvalue weighted by atomic mass is 14.9. The van der Waals surface area contributed by atoms with E-state index in [2.05, 4.69) is 137 Å². The van der Waals surface area contributed by atoms with E-state index in [1.807, 2.05) is 24.7 Å². The Hall–Kier alpha value is -5.93. The highest BCUT2D eigenvalue weighted by Crippen LogP contribution is 2.43. The van der Waals surface area contributed by atoms with Crippen LogP contribution in [0.15, 0.2) is 152 Å². The third-order valence-corrected chi connectivity index (χ3v) is 8.82. The quantitative estimate of drug-likeness (QED) is 0.160. The van der Waals surface area contributed by atoms with Gasteiger partial charge in [-0.1, -0.05) is 115 Å². The first-order valence-electron chi connectivity index (χ1n) is 14.9. The number of fused-ring (bicyclic) bond motifs is 7. The van der Waals surface area contributed by atoms with Crippen molar-refractivity contribution in [2.75, 3.05) is 0 Å². The molecule has 0 aliphatic heterocycles. The lowest BCUT2D eigenvalue weighted by atomic mass is 9.88. The smallest absolute Gasteiger partial charge is 0.160 e. The lowest BCUT2D eigenvalue weighted by molar-refractivity contribution is 1.18. The molecule has 0 aliphatic carbocycles. The standard InChI is InChI=1S/C41H25N3/c1-2-11-28-26(10-1)18-20-31-29-12-3-4-13-30(29)37(24-36(28)31)38-21-19-27(25-44-38)39-32-14-5-7-16-34(32)40(41-42-22-9-23-43-41)35-17-8-6-15-33(35)39/h1-25H. The van der Waals surface area contributed by atoms with Crippen molar-refractivity contribution in [1.82, 2.24) is 15.0 Å². The first-order chi connectivity index (χ1) is 21.8. The minimum absolute atomic E-state index is 0.732. The van der Waals surface area contributed by atoms with Crippen molar-refractivity contribution in [2.24, 2.45) is 0 Å². The van der Waals surface area contributed by atoms with Crippen LogP contribution in [0.4, 0.5) is 0 Å². The van der Waals surface area contributed by atoms with Crippen molar-refractivity contribution in [3.8, 4) is 33.8 Å². The largest absolute Gasteiger partial charge is 0.256 e. The van der Waals surface area contributed by atoms with Gasteiger partial charge in [0.05, 0.1) is 5.69 Å². The summed E-state index contributed by atoms with van der Waals surface area (Å²) in [5.74, 6) is 0.732. The number of rotatable bonds is 3. The van der Waals surface area contributed by atoms with Gasteiger partial charge in [-0.05, 0) is 77.6 Å². The molecule has 0 spiro atoms. The minimum atomic E-state index is 0.732. The molecule has 9 aromatic rings. The highest BCUT2D eigenvalue weighted by Gasteiger charge is 2.18. The van der Waals surface area contributed by atoms with Gasteiger partial charge in [-0.15, -0.1) is 0 Å². The summed E-state index contributed by atoms with van der Waals surface area (Å²) in [4.78, 5) is 14.4. The Labute approximate surface area is 254 Å². The van der Waals surface area contributed by atoms with Gasteiger partial charge in [-0.3, -0.25) is 4.98 Å². The fourth-order valence-electron chi connectivity index (χ4n) is 6.88. The fourth-order valence-corrected chi connectivity index (χ4v) is 6.88. The molecule has 0 unspecified atom stereocenters. The molecule has 0 bridgehead atoms. The number of pyridine rings is 1. The summed E-state index contributed by atoms with van der Waals surface area (Å²) in [6, 6.07) is 47.4. The van der Waals surface area contributed by atoms with Crippen LogP contribution < -0.4 is 0 Å². The number of benzene rings is 7. The van der Waals surface area contributed by atoms with Gasteiger partial charge in [-0.2, -0.15) is 0 Å². The van der Waals surface area contributed by atoms with E-state index in [0.29, 0.717) is 0 Å². The first kappa shape index (κ1) is 24.6. The zero-order valence-electron chi connectivity index (χ0n) is 23.8. The summed E-state index contributed by atoms with van der Waals surface area (Å²) in [5, 5.41) is 12.0. The molecular weight excluding hydrogens is 534 g/mol. The second kappa shape index (κ2) is 9.82. The second-order valence-electron chi connectivity index (χ2n) is 11.2. The number of hydrogen-bond acceptors (Lipinski definition) is 3. The van der Waals surface area contributed by atoms with Crippen LogP contribution in [0.25, 0.3) is 87.6 Å². The number of hydrogen-bond donors (Lipinski definition) is 0. The molecular formula is C41H25N3. The molecule has 204 valence electrons. The van der Waals surface area contributed by atoms with Crippen LogP contribution >= 0.6 is 0 Å². The zero-order valence-corrected chi connectivity index (χ0v) is 23.8. The van der Waals surface area contributed by atoms with Crippen LogP contribution in [-0.2, 0) is 0 Å².